The van der Waals surface area contributed by atoms with E-state index in [0.717, 1.165) is 10.0 Å². The van der Waals surface area contributed by atoms with Crippen LogP contribution >= 0.6 is 15.9 Å². The van der Waals surface area contributed by atoms with Gasteiger partial charge in [0.05, 0.1) is 5.56 Å². The predicted molar refractivity (Wildman–Crippen MR) is 134 cm³/mol. The predicted octanol–water partition coefficient (Wildman–Crippen LogP) is 5.17. The highest BCUT2D eigenvalue weighted by Crippen LogP contribution is 2.34. The molecule has 2 amide bonds. The Morgan fingerprint density at radius 1 is 1.03 bits per heavy atom. The molecule has 3 aromatic rings. The first-order valence-corrected chi connectivity index (χ1v) is 11.5. The number of amides is 2. The molecule has 0 aliphatic carbocycles. The average molecular weight is 536 g/mol. The van der Waals surface area contributed by atoms with Crippen LogP contribution in [-0.2, 0) is 14.3 Å². The Morgan fingerprint density at radius 2 is 1.77 bits per heavy atom. The van der Waals surface area contributed by atoms with Crippen molar-refractivity contribution < 1.29 is 23.9 Å². The average Bonchev–Trinajstić information content (AvgIpc) is 3.26. The molecule has 1 N–H and O–H groups in total. The largest absolute Gasteiger partial charge is 0.446 e. The first kappa shape index (κ1) is 24.2. The van der Waals surface area contributed by atoms with Crippen LogP contribution in [0.15, 0.2) is 76.3 Å². The second-order valence-electron chi connectivity index (χ2n) is 7.92. The van der Waals surface area contributed by atoms with Gasteiger partial charge in [-0.05, 0) is 49.4 Å². The molecular formula is C26H22BrN3O5. The number of anilines is 1. The van der Waals surface area contributed by atoms with Gasteiger partial charge in [0.25, 0.3) is 5.91 Å². The highest BCUT2D eigenvalue weighted by molar-refractivity contribution is 9.10. The highest BCUT2D eigenvalue weighted by atomic mass is 79.9. The summed E-state index contributed by atoms with van der Waals surface area (Å²) in [5.41, 5.74) is 3.22. The molecule has 1 aliphatic rings. The second-order valence-corrected chi connectivity index (χ2v) is 8.83. The van der Waals surface area contributed by atoms with Gasteiger partial charge in [-0.2, -0.15) is 5.01 Å². The fraction of sp³-hybridized carbons (Fsp3) is 0.154. The maximum Gasteiger partial charge on any atom is 0.308 e. The topological polar surface area (TPSA) is 97.3 Å². The van der Waals surface area contributed by atoms with Crippen LogP contribution in [-0.4, -0.2) is 28.7 Å². The van der Waals surface area contributed by atoms with Crippen LogP contribution in [0.4, 0.5) is 5.69 Å². The van der Waals surface area contributed by atoms with Crippen molar-refractivity contribution in [2.24, 2.45) is 5.10 Å². The number of halogens is 1. The molecule has 8 nitrogen and oxygen atoms in total. The fourth-order valence-electron chi connectivity index (χ4n) is 3.53. The molecule has 1 heterocycles. The number of rotatable bonds is 5. The zero-order valence-electron chi connectivity index (χ0n) is 19.2. The van der Waals surface area contributed by atoms with E-state index in [2.05, 4.69) is 26.3 Å². The van der Waals surface area contributed by atoms with Crippen molar-refractivity contribution in [2.45, 2.75) is 27.0 Å². The monoisotopic (exact) mass is 535 g/mol. The van der Waals surface area contributed by atoms with Crippen LogP contribution in [0, 0.1) is 6.92 Å². The number of ether oxygens (including phenoxy) is 2. The van der Waals surface area contributed by atoms with Crippen molar-refractivity contribution in [3.63, 3.8) is 0 Å². The van der Waals surface area contributed by atoms with E-state index >= 15 is 0 Å². The number of aryl methyl sites for hydroxylation is 1. The minimum Gasteiger partial charge on any atom is -0.446 e. The van der Waals surface area contributed by atoms with E-state index in [9.17, 15) is 14.4 Å². The maximum atomic E-state index is 12.5. The van der Waals surface area contributed by atoms with E-state index in [1.54, 1.807) is 48.5 Å². The van der Waals surface area contributed by atoms with Gasteiger partial charge in [-0.15, -0.1) is 5.10 Å². The SMILES string of the molecule is CC(=O)Oc1ccc(Br)cc1C1=NN(C(C)=O)[C@@H](c2ccc(NC(=O)c3cccc(C)c3)cc2)O1. The quantitative estimate of drug-likeness (QED) is 0.358. The molecule has 0 aromatic heterocycles. The molecule has 0 saturated carbocycles. The zero-order chi connectivity index (χ0) is 25.1. The van der Waals surface area contributed by atoms with Crippen molar-refractivity contribution in [2.75, 3.05) is 5.32 Å². The molecule has 4 rings (SSSR count). The van der Waals surface area contributed by atoms with E-state index in [1.165, 1.54) is 18.9 Å². The Labute approximate surface area is 210 Å². The number of benzene rings is 3. The lowest BCUT2D eigenvalue weighted by Crippen LogP contribution is -2.25. The van der Waals surface area contributed by atoms with Crippen LogP contribution < -0.4 is 10.1 Å². The van der Waals surface area contributed by atoms with Crippen LogP contribution in [0.2, 0.25) is 0 Å². The summed E-state index contributed by atoms with van der Waals surface area (Å²) >= 11 is 3.40. The summed E-state index contributed by atoms with van der Waals surface area (Å²) in [4.78, 5) is 36.4. The number of hydrogen-bond acceptors (Lipinski definition) is 6. The number of carbonyl (C=O) groups is 3. The first-order chi connectivity index (χ1) is 16.7. The van der Waals surface area contributed by atoms with Gasteiger partial charge < -0.3 is 14.8 Å². The van der Waals surface area contributed by atoms with Crippen LogP contribution in [0.25, 0.3) is 0 Å². The molecule has 178 valence electrons. The van der Waals surface area contributed by atoms with E-state index in [4.69, 9.17) is 9.47 Å². The van der Waals surface area contributed by atoms with Crippen molar-refractivity contribution in [3.05, 3.63) is 93.5 Å². The van der Waals surface area contributed by atoms with Crippen molar-refractivity contribution in [3.8, 4) is 5.75 Å². The normalized spacial score (nSPS) is 14.7. The van der Waals surface area contributed by atoms with Gasteiger partial charge in [0.15, 0.2) is 0 Å². The molecule has 0 unspecified atom stereocenters. The summed E-state index contributed by atoms with van der Waals surface area (Å²) in [6.45, 7) is 4.61. The van der Waals surface area contributed by atoms with Crippen LogP contribution in [0.3, 0.4) is 0 Å². The number of nitrogens with zero attached hydrogens (tertiary/aromatic N) is 2. The lowest BCUT2D eigenvalue weighted by molar-refractivity contribution is -0.135. The minimum absolute atomic E-state index is 0.138. The summed E-state index contributed by atoms with van der Waals surface area (Å²) in [7, 11) is 0. The summed E-state index contributed by atoms with van der Waals surface area (Å²) in [6.07, 6.45) is -0.826. The van der Waals surface area contributed by atoms with Gasteiger partial charge in [0.1, 0.15) is 5.75 Å². The second kappa shape index (κ2) is 10.1. The molecule has 0 fully saturated rings. The Morgan fingerprint density at radius 3 is 2.43 bits per heavy atom. The van der Waals surface area contributed by atoms with Crippen molar-refractivity contribution >= 4 is 45.3 Å². The molecule has 1 aliphatic heterocycles. The molecular weight excluding hydrogens is 514 g/mol. The van der Waals surface area contributed by atoms with E-state index in [-0.39, 0.29) is 23.5 Å². The Kier molecular flexibility index (Phi) is 6.97. The first-order valence-electron chi connectivity index (χ1n) is 10.7. The summed E-state index contributed by atoms with van der Waals surface area (Å²) in [6, 6.07) is 19.3. The van der Waals surface area contributed by atoms with E-state index in [1.807, 2.05) is 25.1 Å². The standard InChI is InChI=1S/C26H22BrN3O5/c1-15-5-4-6-19(13-15)24(33)28-21-10-7-18(8-11-21)26-30(16(2)31)29-25(35-26)22-14-20(27)9-12-23(22)34-17(3)32/h4-14,26H,1-3H3,(H,28,33)/t26-/m1/s1. The molecule has 0 bridgehead atoms. The van der Waals surface area contributed by atoms with E-state index in [0.29, 0.717) is 22.4 Å². The Bertz CT molecular complexity index is 1340. The van der Waals surface area contributed by atoms with Gasteiger partial charge in [0.2, 0.25) is 18.0 Å². The highest BCUT2D eigenvalue weighted by Gasteiger charge is 2.34. The molecule has 0 saturated heterocycles. The van der Waals surface area contributed by atoms with Gasteiger partial charge >= 0.3 is 5.97 Å². The van der Waals surface area contributed by atoms with Gasteiger partial charge in [-0.25, -0.2) is 0 Å². The minimum atomic E-state index is -0.826. The summed E-state index contributed by atoms with van der Waals surface area (Å²) in [5.74, 6) is -0.638. The van der Waals surface area contributed by atoms with Gasteiger partial charge in [-0.3, -0.25) is 14.4 Å². The maximum absolute atomic E-state index is 12.5. The van der Waals surface area contributed by atoms with E-state index < -0.39 is 12.2 Å². The molecule has 1 atom stereocenters. The van der Waals surface area contributed by atoms with Crippen LogP contribution in [0.1, 0.15) is 47.1 Å². The zero-order valence-corrected chi connectivity index (χ0v) is 20.8. The van der Waals surface area contributed by atoms with Crippen molar-refractivity contribution in [1.82, 2.24) is 5.01 Å². The fourth-order valence-corrected chi connectivity index (χ4v) is 3.89. The third-order valence-electron chi connectivity index (χ3n) is 5.13. The number of hydrogen-bond donors (Lipinski definition) is 1. The molecule has 0 spiro atoms. The molecule has 35 heavy (non-hydrogen) atoms. The summed E-state index contributed by atoms with van der Waals surface area (Å²) < 4.78 is 12.0. The molecule has 9 heteroatoms. The van der Waals surface area contributed by atoms with Crippen molar-refractivity contribution in [1.29, 1.82) is 0 Å². The third-order valence-corrected chi connectivity index (χ3v) is 5.62. The Balaban J connectivity index is 1.56. The lowest BCUT2D eigenvalue weighted by Gasteiger charge is -2.19. The lowest BCUT2D eigenvalue weighted by atomic mass is 10.1. The van der Waals surface area contributed by atoms with Gasteiger partial charge in [-0.1, -0.05) is 45.8 Å². The molecule has 3 aromatic carbocycles. The smallest absolute Gasteiger partial charge is 0.308 e. The number of carbonyl (C=O) groups excluding carboxylic acids is 3. The van der Waals surface area contributed by atoms with Crippen LogP contribution in [0.5, 0.6) is 5.75 Å². The Hall–Kier alpha value is -3.98. The number of nitrogens with one attached hydrogen (secondary N) is 1. The van der Waals surface area contributed by atoms with Gasteiger partial charge in [0, 0.05) is 35.1 Å². The molecule has 0 radical (unpaired) electrons. The number of esters is 1. The number of hydrazone groups is 1. The summed E-state index contributed by atoms with van der Waals surface area (Å²) in [5, 5.41) is 8.42. The third kappa shape index (κ3) is 5.58.